The van der Waals surface area contributed by atoms with E-state index < -0.39 is 44.8 Å². The summed E-state index contributed by atoms with van der Waals surface area (Å²) >= 11 is 2.07. The van der Waals surface area contributed by atoms with Gasteiger partial charge in [-0.15, -0.1) is 0 Å². The van der Waals surface area contributed by atoms with Crippen LogP contribution in [-0.2, 0) is 18.8 Å². The van der Waals surface area contributed by atoms with Crippen LogP contribution in [0.25, 0.3) is 6.08 Å². The maximum atomic E-state index is 14.1. The van der Waals surface area contributed by atoms with Gasteiger partial charge in [0.2, 0.25) is 11.8 Å². The number of hydrogen-bond acceptors (Lipinski definition) is 8. The molecular formula is C46H58INO9Si. The number of likely N-dealkylation sites (tertiary alicyclic amines) is 1. The van der Waals surface area contributed by atoms with Crippen LogP contribution in [0.15, 0.2) is 89.5 Å². The summed E-state index contributed by atoms with van der Waals surface area (Å²) in [5, 5.41) is 44.7. The minimum Gasteiger partial charge on any atom is -0.504 e. The molecular weight excluding hydrogens is 865 g/mol. The van der Waals surface area contributed by atoms with Crippen molar-refractivity contribution in [2.75, 3.05) is 26.9 Å². The second kappa shape index (κ2) is 20.0. The van der Waals surface area contributed by atoms with Crippen molar-refractivity contribution < 1.29 is 44.0 Å². The van der Waals surface area contributed by atoms with Crippen LogP contribution in [-0.4, -0.2) is 84.4 Å². The molecule has 1 heterocycles. The first-order valence-electron chi connectivity index (χ1n) is 20.3. The van der Waals surface area contributed by atoms with Crippen LogP contribution in [0, 0.1) is 21.3 Å². The van der Waals surface area contributed by atoms with Crippen LogP contribution in [0.2, 0.25) is 5.04 Å². The van der Waals surface area contributed by atoms with Gasteiger partial charge in [-0.25, -0.2) is 0 Å². The second-order valence-electron chi connectivity index (χ2n) is 16.4. The number of phenolic OH excluding ortho intramolecular Hbond substituents is 1. The molecule has 5 rings (SSSR count). The first kappa shape index (κ1) is 45.3. The number of hydrogen-bond donors (Lipinski definition) is 4. The Balaban J connectivity index is 1.53. The molecule has 1 aliphatic heterocycles. The Morgan fingerprint density at radius 1 is 0.983 bits per heavy atom. The number of aromatic hydroxyl groups is 1. The highest BCUT2D eigenvalue weighted by molar-refractivity contribution is 14.1. The quantitative estimate of drug-likeness (QED) is 0.0325. The van der Waals surface area contributed by atoms with Crippen molar-refractivity contribution in [1.29, 1.82) is 0 Å². The topological polar surface area (TPSA) is 154 Å². The molecule has 0 bridgehead atoms. The molecule has 0 aromatic heterocycles. The third-order valence-electron chi connectivity index (χ3n) is 11.8. The van der Waals surface area contributed by atoms with Crippen LogP contribution < -0.4 is 15.1 Å². The van der Waals surface area contributed by atoms with E-state index in [2.05, 4.69) is 67.6 Å². The van der Waals surface area contributed by atoms with Crippen LogP contribution in [0.4, 0.5) is 0 Å². The average molecular weight is 924 g/mol. The summed E-state index contributed by atoms with van der Waals surface area (Å²) in [6.45, 7) is 8.47. The summed E-state index contributed by atoms with van der Waals surface area (Å²) in [7, 11) is -1.55. The van der Waals surface area contributed by atoms with Gasteiger partial charge in [-0.05, 0) is 105 Å². The lowest BCUT2D eigenvalue weighted by Gasteiger charge is -2.44. The first-order valence-corrected chi connectivity index (χ1v) is 23.3. The van der Waals surface area contributed by atoms with E-state index in [9.17, 15) is 29.7 Å². The number of aliphatic hydroxyl groups is 2. The molecule has 1 saturated heterocycles. The van der Waals surface area contributed by atoms with E-state index in [0.717, 1.165) is 27.1 Å². The number of unbranched alkanes of at least 4 members (excludes halogenated alkanes) is 2. The molecule has 3 aromatic rings. The number of amides is 2. The number of phenols is 1. The predicted molar refractivity (Wildman–Crippen MR) is 236 cm³/mol. The van der Waals surface area contributed by atoms with Crippen molar-refractivity contribution >= 4 is 65.1 Å². The number of halogens is 1. The molecule has 1 fully saturated rings. The van der Waals surface area contributed by atoms with Crippen molar-refractivity contribution in [1.82, 2.24) is 4.90 Å². The number of imide groups is 1. The number of carbonyl (C=O) groups excluding carboxylic acids is 2. The summed E-state index contributed by atoms with van der Waals surface area (Å²) < 4.78 is 13.4. The average Bonchev–Trinajstić information content (AvgIpc) is 3.44. The molecule has 0 spiro atoms. The molecule has 0 radical (unpaired) electrons. The van der Waals surface area contributed by atoms with Crippen molar-refractivity contribution in [2.24, 2.45) is 17.8 Å². The highest BCUT2D eigenvalue weighted by Crippen LogP contribution is 2.47. The fourth-order valence-electron chi connectivity index (χ4n) is 8.95. The SMILES string of the molecule is CC/C(=C\c1cc(I)c(O)c(OC)c1)CC[C@@H](O)C1=C(CO[Si](c2ccccc2)(c2ccccc2)C(C)(C)C)C[C@H]2C(=O)N(CCCCCC(=O)O)C(=O)[C@H]2[C@H]1CO. The third-order valence-corrected chi connectivity index (χ3v) is 17.6. The van der Waals surface area contributed by atoms with Gasteiger partial charge in [0, 0.05) is 18.9 Å². The molecule has 4 atom stereocenters. The first-order chi connectivity index (χ1) is 27.7. The summed E-state index contributed by atoms with van der Waals surface area (Å²) in [4.78, 5) is 40.6. The Hall–Kier alpha value is -3.82. The van der Waals surface area contributed by atoms with Crippen molar-refractivity contribution in [2.45, 2.75) is 90.2 Å². The minimum absolute atomic E-state index is 0.0248. The zero-order valence-corrected chi connectivity index (χ0v) is 37.4. The Labute approximate surface area is 357 Å². The number of aliphatic carboxylic acids is 1. The smallest absolute Gasteiger partial charge is 0.303 e. The molecule has 10 nitrogen and oxygen atoms in total. The summed E-state index contributed by atoms with van der Waals surface area (Å²) in [5.41, 5.74) is 3.23. The standard InChI is InChI=1S/C46H58INO9Si/c1-6-30(24-31-25-37(47)43(53)39(26-31)56-5)21-22-38(50)41-32(27-35-42(36(41)28-49)45(55)48(44(35)54)23-15-9-14-20-40(51)52)29-57-58(46(2,3)4,33-16-10-7-11-17-33)34-18-12-8-13-19-34/h7-8,10-13,16-19,24-26,35-36,38,42,49-50,53H,6,9,14-15,20-23,27-29H2,1-5H3,(H,51,52)/b30-24+/t35-,36+,38-,42-/m1/s1. The van der Waals surface area contributed by atoms with E-state index in [-0.39, 0.29) is 48.6 Å². The lowest BCUT2D eigenvalue weighted by Crippen LogP contribution is -2.66. The number of allylic oxidation sites excluding steroid dienone is 1. The number of carboxylic acid groups (broad SMARTS) is 1. The summed E-state index contributed by atoms with van der Waals surface area (Å²) in [5.74, 6) is -3.41. The van der Waals surface area contributed by atoms with Gasteiger partial charge in [-0.2, -0.15) is 0 Å². The van der Waals surface area contributed by atoms with Gasteiger partial charge in [0.25, 0.3) is 8.32 Å². The molecule has 1 aliphatic carbocycles. The number of aliphatic hydroxyl groups excluding tert-OH is 2. The summed E-state index contributed by atoms with van der Waals surface area (Å²) in [6.07, 6.45) is 4.28. The zero-order chi connectivity index (χ0) is 42.2. The van der Waals surface area contributed by atoms with Gasteiger partial charge in [-0.1, -0.05) is 106 Å². The van der Waals surface area contributed by atoms with Gasteiger partial charge in [0.15, 0.2) is 11.5 Å². The largest absolute Gasteiger partial charge is 0.504 e. The monoisotopic (exact) mass is 923 g/mol. The van der Waals surface area contributed by atoms with Gasteiger partial charge >= 0.3 is 5.97 Å². The maximum absolute atomic E-state index is 14.1. The molecule has 58 heavy (non-hydrogen) atoms. The number of nitrogens with zero attached hydrogens (tertiary/aromatic N) is 1. The third kappa shape index (κ3) is 9.78. The Morgan fingerprint density at radius 2 is 1.62 bits per heavy atom. The molecule has 12 heteroatoms. The molecule has 3 aromatic carbocycles. The van der Waals surface area contributed by atoms with Gasteiger partial charge in [0.05, 0.1) is 41.8 Å². The lowest BCUT2D eigenvalue weighted by atomic mass is 9.68. The highest BCUT2D eigenvalue weighted by Gasteiger charge is 2.56. The van der Waals surface area contributed by atoms with E-state index in [1.54, 1.807) is 6.07 Å². The number of methoxy groups -OCH3 is 1. The Bertz CT molecular complexity index is 1940. The van der Waals surface area contributed by atoms with Crippen molar-refractivity contribution in [3.63, 3.8) is 0 Å². The van der Waals surface area contributed by atoms with Crippen molar-refractivity contribution in [3.05, 3.63) is 98.6 Å². The van der Waals surface area contributed by atoms with Crippen LogP contribution in [0.3, 0.4) is 0 Å². The van der Waals surface area contributed by atoms with Crippen LogP contribution in [0.1, 0.15) is 84.6 Å². The maximum Gasteiger partial charge on any atom is 0.303 e. The lowest BCUT2D eigenvalue weighted by molar-refractivity contribution is -0.141. The van der Waals surface area contributed by atoms with Crippen LogP contribution in [0.5, 0.6) is 11.5 Å². The molecule has 0 unspecified atom stereocenters. The van der Waals surface area contributed by atoms with E-state index in [1.165, 1.54) is 12.0 Å². The van der Waals surface area contributed by atoms with E-state index in [0.29, 0.717) is 53.4 Å². The van der Waals surface area contributed by atoms with Gasteiger partial charge in [0.1, 0.15) is 0 Å². The molecule has 2 amide bonds. The van der Waals surface area contributed by atoms with Gasteiger partial charge in [-0.3, -0.25) is 19.3 Å². The fourth-order valence-corrected chi connectivity index (χ4v) is 14.1. The Morgan fingerprint density at radius 3 is 2.17 bits per heavy atom. The van der Waals surface area contributed by atoms with E-state index >= 15 is 0 Å². The fraction of sp³-hybridized carbons (Fsp3) is 0.457. The molecule has 4 N–H and O–H groups in total. The zero-order valence-electron chi connectivity index (χ0n) is 34.2. The van der Waals surface area contributed by atoms with Crippen LogP contribution >= 0.6 is 22.6 Å². The number of fused-ring (bicyclic) bond motifs is 1. The predicted octanol–water partition coefficient (Wildman–Crippen LogP) is 7.07. The number of ether oxygens (including phenoxy) is 1. The number of benzene rings is 3. The number of carbonyl (C=O) groups is 3. The second-order valence-corrected chi connectivity index (χ2v) is 21.9. The van der Waals surface area contributed by atoms with E-state index in [4.69, 9.17) is 14.3 Å². The Kier molecular flexibility index (Phi) is 15.6. The molecule has 0 saturated carbocycles. The summed E-state index contributed by atoms with van der Waals surface area (Å²) in [6, 6.07) is 24.1. The minimum atomic E-state index is -3.06. The van der Waals surface area contributed by atoms with Crippen molar-refractivity contribution in [3.8, 4) is 11.5 Å². The highest BCUT2D eigenvalue weighted by atomic mass is 127. The van der Waals surface area contributed by atoms with E-state index in [1.807, 2.05) is 55.5 Å². The van der Waals surface area contributed by atoms with Gasteiger partial charge < -0.3 is 29.6 Å². The number of rotatable bonds is 19. The normalized spacial score (nSPS) is 19.4. The molecule has 2 aliphatic rings. The number of carboxylic acids is 1. The molecule has 312 valence electrons.